The van der Waals surface area contributed by atoms with Gasteiger partial charge in [-0.1, -0.05) is 72.8 Å². The Labute approximate surface area is 276 Å². The van der Waals surface area contributed by atoms with Crippen LogP contribution in [0.2, 0.25) is 0 Å². The Bertz CT molecular complexity index is 2810. The Hall–Kier alpha value is -6.88. The Morgan fingerprint density at radius 1 is 0.396 bits per heavy atom. The average Bonchev–Trinajstić information content (AvgIpc) is 3.69. The Morgan fingerprint density at radius 2 is 1.04 bits per heavy atom. The van der Waals surface area contributed by atoms with E-state index in [0.717, 1.165) is 82.8 Å². The van der Waals surface area contributed by atoms with Gasteiger partial charge in [0, 0.05) is 27.2 Å². The van der Waals surface area contributed by atoms with Crippen LogP contribution in [0.25, 0.3) is 82.8 Å². The summed E-state index contributed by atoms with van der Waals surface area (Å²) < 4.78 is 8.32. The van der Waals surface area contributed by atoms with E-state index in [-0.39, 0.29) is 0 Å². The molecule has 0 aliphatic carbocycles. The lowest BCUT2D eigenvalue weighted by Crippen LogP contribution is -1.96. The first kappa shape index (κ1) is 27.4. The number of fused-ring (bicyclic) bond motifs is 6. The third-order valence-electron chi connectivity index (χ3n) is 9.19. The molecule has 48 heavy (non-hydrogen) atoms. The normalized spacial score (nSPS) is 11.3. The van der Waals surface area contributed by atoms with Gasteiger partial charge in [-0.05, 0) is 112 Å². The van der Waals surface area contributed by atoms with E-state index < -0.39 is 0 Å². The number of hydrogen-bond acceptors (Lipinski definition) is 3. The van der Waals surface area contributed by atoms with Gasteiger partial charge in [-0.25, -0.2) is 0 Å². The van der Waals surface area contributed by atoms with E-state index in [0.29, 0.717) is 11.1 Å². The van der Waals surface area contributed by atoms with Gasteiger partial charge in [0.05, 0.1) is 34.3 Å². The molecule has 4 heteroatoms. The Kier molecular flexibility index (Phi) is 6.22. The number of nitriles is 2. The van der Waals surface area contributed by atoms with Gasteiger partial charge in [0.15, 0.2) is 0 Å². The third-order valence-corrected chi connectivity index (χ3v) is 9.19. The zero-order valence-electron chi connectivity index (χ0n) is 25.7. The highest BCUT2D eigenvalue weighted by atomic mass is 16.3. The molecule has 2 heterocycles. The van der Waals surface area contributed by atoms with Gasteiger partial charge in [-0.15, -0.1) is 0 Å². The molecule has 0 aliphatic heterocycles. The highest BCUT2D eigenvalue weighted by molar-refractivity contribution is 6.10. The molecule has 0 amide bonds. The summed E-state index contributed by atoms with van der Waals surface area (Å²) in [7, 11) is 0. The Balaban J connectivity index is 1.28. The van der Waals surface area contributed by atoms with Gasteiger partial charge < -0.3 is 8.98 Å². The van der Waals surface area contributed by atoms with E-state index >= 15 is 0 Å². The van der Waals surface area contributed by atoms with Crippen LogP contribution in [-0.2, 0) is 0 Å². The number of furan rings is 1. The van der Waals surface area contributed by atoms with Crippen LogP contribution in [0.5, 0.6) is 0 Å². The van der Waals surface area contributed by atoms with Crippen LogP contribution in [0.15, 0.2) is 156 Å². The molecule has 0 spiro atoms. The fraction of sp³-hybridized carbons (Fsp3) is 0. The highest BCUT2D eigenvalue weighted by Crippen LogP contribution is 2.38. The minimum Gasteiger partial charge on any atom is -0.456 e. The predicted molar refractivity (Wildman–Crippen MR) is 194 cm³/mol. The molecule has 0 aliphatic rings. The van der Waals surface area contributed by atoms with E-state index in [9.17, 15) is 10.5 Å². The second kappa shape index (κ2) is 10.9. The van der Waals surface area contributed by atoms with Crippen LogP contribution < -0.4 is 0 Å². The van der Waals surface area contributed by atoms with Crippen LogP contribution >= 0.6 is 0 Å². The zero-order chi connectivity index (χ0) is 32.2. The summed E-state index contributed by atoms with van der Waals surface area (Å²) in [6.45, 7) is 0. The first-order valence-corrected chi connectivity index (χ1v) is 15.8. The van der Waals surface area contributed by atoms with Crippen LogP contribution in [0.3, 0.4) is 0 Å². The van der Waals surface area contributed by atoms with Crippen molar-refractivity contribution >= 4 is 43.7 Å². The number of aromatic nitrogens is 1. The fourth-order valence-electron chi connectivity index (χ4n) is 6.96. The van der Waals surface area contributed by atoms with E-state index in [1.165, 1.54) is 0 Å². The lowest BCUT2D eigenvalue weighted by Gasteiger charge is -2.14. The summed E-state index contributed by atoms with van der Waals surface area (Å²) in [5, 5.41) is 24.1. The van der Waals surface area contributed by atoms with Gasteiger partial charge >= 0.3 is 0 Å². The van der Waals surface area contributed by atoms with Gasteiger partial charge in [-0.3, -0.25) is 0 Å². The number of nitrogens with zero attached hydrogens (tertiary/aromatic N) is 3. The van der Waals surface area contributed by atoms with Crippen molar-refractivity contribution in [2.75, 3.05) is 0 Å². The monoisotopic (exact) mass is 611 g/mol. The van der Waals surface area contributed by atoms with Crippen molar-refractivity contribution in [3.05, 3.63) is 163 Å². The average molecular weight is 612 g/mol. The van der Waals surface area contributed by atoms with Crippen molar-refractivity contribution in [3.63, 3.8) is 0 Å². The smallest absolute Gasteiger partial charge is 0.135 e. The van der Waals surface area contributed by atoms with Crippen molar-refractivity contribution < 1.29 is 4.42 Å². The number of para-hydroxylation sites is 2. The maximum Gasteiger partial charge on any atom is 0.135 e. The molecule has 0 N–H and O–H groups in total. The molecule has 0 bridgehead atoms. The summed E-state index contributed by atoms with van der Waals surface area (Å²) in [6, 6.07) is 56.3. The van der Waals surface area contributed by atoms with E-state index in [2.05, 4.69) is 95.6 Å². The quantitative estimate of drug-likeness (QED) is 0.199. The molecule has 222 valence electrons. The summed E-state index contributed by atoms with van der Waals surface area (Å²) in [4.78, 5) is 0. The lowest BCUT2D eigenvalue weighted by atomic mass is 9.92. The molecule has 2 aromatic heterocycles. The first-order chi connectivity index (χ1) is 23.7. The maximum absolute atomic E-state index is 10.3. The summed E-state index contributed by atoms with van der Waals surface area (Å²) >= 11 is 0. The summed E-state index contributed by atoms with van der Waals surface area (Å²) in [5.41, 5.74) is 12.1. The highest BCUT2D eigenvalue weighted by Gasteiger charge is 2.16. The van der Waals surface area contributed by atoms with Gasteiger partial charge in [0.1, 0.15) is 11.2 Å². The van der Waals surface area contributed by atoms with Crippen LogP contribution in [0.1, 0.15) is 11.1 Å². The molecule has 4 nitrogen and oxygen atoms in total. The van der Waals surface area contributed by atoms with Gasteiger partial charge in [0.2, 0.25) is 0 Å². The predicted octanol–water partition coefficient (Wildman–Crippen LogP) is 11.4. The van der Waals surface area contributed by atoms with E-state index in [1.54, 1.807) is 0 Å². The molecule has 0 saturated heterocycles. The van der Waals surface area contributed by atoms with Crippen molar-refractivity contribution in [2.45, 2.75) is 0 Å². The van der Waals surface area contributed by atoms with E-state index in [4.69, 9.17) is 4.42 Å². The van der Waals surface area contributed by atoms with Crippen LogP contribution in [0, 0.1) is 22.7 Å². The molecule has 0 saturated carbocycles. The second-order valence-corrected chi connectivity index (χ2v) is 12.1. The minimum atomic E-state index is 0.569. The van der Waals surface area contributed by atoms with Crippen molar-refractivity contribution in [2.24, 2.45) is 0 Å². The minimum absolute atomic E-state index is 0.569. The van der Waals surface area contributed by atoms with Crippen molar-refractivity contribution in [1.29, 1.82) is 10.5 Å². The Morgan fingerprint density at radius 3 is 1.85 bits per heavy atom. The number of rotatable bonds is 4. The van der Waals surface area contributed by atoms with Crippen molar-refractivity contribution in [3.8, 4) is 51.2 Å². The largest absolute Gasteiger partial charge is 0.456 e. The first-order valence-electron chi connectivity index (χ1n) is 15.8. The van der Waals surface area contributed by atoms with Crippen LogP contribution in [0.4, 0.5) is 0 Å². The molecular weight excluding hydrogens is 587 g/mol. The molecule has 9 aromatic rings. The lowest BCUT2D eigenvalue weighted by molar-refractivity contribution is 0.669. The standard InChI is InChI=1S/C44H25N3O/c45-26-28-14-16-42-39(20-28)37-10-4-6-12-41(37)47(42)36-19-29(27-46)18-32(24-36)35-22-33(30-8-2-1-3-9-30)21-34(23-35)31-15-17-44-40(25-31)38-11-5-7-13-43(38)48-44/h1-25H. The molecule has 7 aromatic carbocycles. The topological polar surface area (TPSA) is 65.7 Å². The second-order valence-electron chi connectivity index (χ2n) is 12.1. The molecule has 0 unspecified atom stereocenters. The van der Waals surface area contributed by atoms with Crippen molar-refractivity contribution in [1.82, 2.24) is 4.57 Å². The number of hydrogen-bond donors (Lipinski definition) is 0. The maximum atomic E-state index is 10.3. The van der Waals surface area contributed by atoms with Gasteiger partial charge in [-0.2, -0.15) is 10.5 Å². The molecule has 0 radical (unpaired) electrons. The SMILES string of the molecule is N#Cc1cc(-c2cc(-c3ccccc3)cc(-c3ccc4oc5ccccc5c4c3)c2)cc(-n2c3ccccc3c3cc(C#N)ccc32)c1. The third kappa shape index (κ3) is 4.44. The zero-order valence-corrected chi connectivity index (χ0v) is 25.7. The number of benzene rings is 7. The molecule has 0 atom stereocenters. The molecule has 9 rings (SSSR count). The van der Waals surface area contributed by atoms with Crippen LogP contribution in [-0.4, -0.2) is 4.57 Å². The van der Waals surface area contributed by atoms with E-state index in [1.807, 2.05) is 72.8 Å². The van der Waals surface area contributed by atoms with Gasteiger partial charge in [0.25, 0.3) is 0 Å². The fourth-order valence-corrected chi connectivity index (χ4v) is 6.96. The summed E-state index contributed by atoms with van der Waals surface area (Å²) in [5.74, 6) is 0. The summed E-state index contributed by atoms with van der Waals surface area (Å²) in [6.07, 6.45) is 0. The molecule has 0 fully saturated rings. The molecular formula is C44H25N3O.